The van der Waals surface area contributed by atoms with Gasteiger partial charge in [-0.3, -0.25) is 4.98 Å². The second-order valence-electron chi connectivity index (χ2n) is 7.55. The smallest absolute Gasteiger partial charge is 0.179 e. The molecule has 0 aliphatic carbocycles. The first-order chi connectivity index (χ1) is 13.6. The molecule has 2 aliphatic heterocycles. The Morgan fingerprint density at radius 1 is 1.07 bits per heavy atom. The predicted octanol–water partition coefficient (Wildman–Crippen LogP) is 4.83. The van der Waals surface area contributed by atoms with Crippen LogP contribution in [0.25, 0.3) is 11.2 Å². The predicted molar refractivity (Wildman–Crippen MR) is 126 cm³/mol. The van der Waals surface area contributed by atoms with Gasteiger partial charge >= 0.3 is 0 Å². The van der Waals surface area contributed by atoms with E-state index in [-0.39, 0.29) is 24.8 Å². The van der Waals surface area contributed by atoms with Gasteiger partial charge in [0.2, 0.25) is 0 Å². The van der Waals surface area contributed by atoms with Gasteiger partial charge in [-0.1, -0.05) is 23.4 Å². The maximum atomic E-state index is 6.36. The van der Waals surface area contributed by atoms with Gasteiger partial charge < -0.3 is 10.6 Å². The lowest BCUT2D eigenvalue weighted by molar-refractivity contribution is 0.412. The molecule has 2 aliphatic rings. The number of aryl methyl sites for hydroxylation is 1. The third kappa shape index (κ3) is 4.32. The number of aromatic nitrogens is 4. The molecule has 6 nitrogen and oxygen atoms in total. The molecular formula is C20H23Cl3N6S. The lowest BCUT2D eigenvalue weighted by atomic mass is 9.98. The third-order valence-electron chi connectivity index (χ3n) is 5.64. The Labute approximate surface area is 197 Å². The fourth-order valence-corrected chi connectivity index (χ4v) is 5.46. The van der Waals surface area contributed by atoms with Crippen LogP contribution in [0.3, 0.4) is 0 Å². The quantitative estimate of drug-likeness (QED) is 0.568. The van der Waals surface area contributed by atoms with Crippen molar-refractivity contribution in [2.24, 2.45) is 5.73 Å². The highest BCUT2D eigenvalue weighted by Crippen LogP contribution is 2.38. The van der Waals surface area contributed by atoms with E-state index in [4.69, 9.17) is 22.3 Å². The van der Waals surface area contributed by atoms with Crippen molar-refractivity contribution in [3.8, 4) is 0 Å². The number of pyridine rings is 2. The highest BCUT2D eigenvalue weighted by atomic mass is 35.5. The number of nitrogens with zero attached hydrogens (tertiary/aromatic N) is 5. The van der Waals surface area contributed by atoms with E-state index < -0.39 is 0 Å². The number of nitrogens with two attached hydrogens (primary N) is 1. The highest BCUT2D eigenvalue weighted by molar-refractivity contribution is 7.99. The van der Waals surface area contributed by atoms with E-state index in [2.05, 4.69) is 19.9 Å². The van der Waals surface area contributed by atoms with Crippen LogP contribution in [0.4, 0.5) is 5.82 Å². The fraction of sp³-hybridized carbons (Fsp3) is 0.400. The molecule has 3 aromatic heterocycles. The summed E-state index contributed by atoms with van der Waals surface area (Å²) in [5, 5.41) is 1.50. The molecule has 3 aromatic rings. The van der Waals surface area contributed by atoms with Crippen LogP contribution < -0.4 is 10.6 Å². The fourth-order valence-electron chi connectivity index (χ4n) is 4.37. The molecule has 5 heterocycles. The molecule has 2 fully saturated rings. The van der Waals surface area contributed by atoms with Gasteiger partial charge in [0, 0.05) is 29.2 Å². The summed E-state index contributed by atoms with van der Waals surface area (Å²) in [7, 11) is 0. The van der Waals surface area contributed by atoms with Crippen molar-refractivity contribution >= 4 is 65.2 Å². The number of hydrogen-bond acceptors (Lipinski definition) is 7. The van der Waals surface area contributed by atoms with E-state index in [1.165, 1.54) is 24.6 Å². The highest BCUT2D eigenvalue weighted by Gasteiger charge is 2.40. The summed E-state index contributed by atoms with van der Waals surface area (Å²) in [6, 6.07) is 7.14. The van der Waals surface area contributed by atoms with Crippen molar-refractivity contribution in [3.63, 3.8) is 0 Å². The van der Waals surface area contributed by atoms with Gasteiger partial charge in [0.1, 0.15) is 16.4 Å². The van der Waals surface area contributed by atoms with Crippen LogP contribution in [0.15, 0.2) is 40.5 Å². The van der Waals surface area contributed by atoms with Gasteiger partial charge in [-0.15, -0.1) is 24.8 Å². The average Bonchev–Trinajstić information content (AvgIpc) is 2.96. The first kappa shape index (κ1) is 23.3. The van der Waals surface area contributed by atoms with E-state index in [1.807, 2.05) is 31.3 Å². The van der Waals surface area contributed by atoms with E-state index >= 15 is 0 Å². The van der Waals surface area contributed by atoms with Crippen molar-refractivity contribution in [3.05, 3.63) is 41.3 Å². The second kappa shape index (κ2) is 9.40. The third-order valence-corrected chi connectivity index (χ3v) is 7.23. The molecule has 0 saturated carbocycles. The van der Waals surface area contributed by atoms with Crippen LogP contribution in [-0.2, 0) is 0 Å². The molecule has 0 amide bonds. The number of anilines is 1. The Kier molecular flexibility index (Phi) is 7.30. The first-order valence-corrected chi connectivity index (χ1v) is 10.7. The molecule has 2 unspecified atom stereocenters. The molecule has 0 radical (unpaired) electrons. The molecule has 2 atom stereocenters. The standard InChI is InChI=1S/C20H21ClN6S.2ClH/c1-11-19(21)16(6-7-23-11)28-18-5-4-15-20(26-18)24-10-17(25-15)27-13-2-3-14(27)9-12(22)8-13;;/h4-7,10,12-14H,2-3,8-9,22H2,1H3;2*1H. The van der Waals surface area contributed by atoms with Crippen LogP contribution in [0, 0.1) is 6.92 Å². The normalized spacial score (nSPS) is 22.5. The van der Waals surface area contributed by atoms with Gasteiger partial charge in [0.15, 0.2) is 5.65 Å². The van der Waals surface area contributed by atoms with E-state index in [0.717, 1.165) is 39.8 Å². The van der Waals surface area contributed by atoms with Crippen LogP contribution >= 0.6 is 48.2 Å². The number of fused-ring (bicyclic) bond motifs is 3. The summed E-state index contributed by atoms with van der Waals surface area (Å²) in [5.74, 6) is 0.946. The molecule has 2 saturated heterocycles. The average molecular weight is 486 g/mol. The Balaban J connectivity index is 0.00000128. The number of halogens is 3. The lowest BCUT2D eigenvalue weighted by Gasteiger charge is -2.38. The lowest BCUT2D eigenvalue weighted by Crippen LogP contribution is -2.47. The van der Waals surface area contributed by atoms with Crippen molar-refractivity contribution in [1.29, 1.82) is 0 Å². The SMILES string of the molecule is Cc1nccc(Sc2ccc3nc(N4C5CCC4CC(N)C5)cnc3n2)c1Cl.Cl.Cl. The van der Waals surface area contributed by atoms with Crippen molar-refractivity contribution < 1.29 is 0 Å². The minimum Gasteiger partial charge on any atom is -0.349 e. The number of hydrogen-bond donors (Lipinski definition) is 1. The Morgan fingerprint density at radius 2 is 1.80 bits per heavy atom. The summed E-state index contributed by atoms with van der Waals surface area (Å²) in [5.41, 5.74) is 8.47. The molecule has 160 valence electrons. The summed E-state index contributed by atoms with van der Waals surface area (Å²) < 4.78 is 0. The Morgan fingerprint density at radius 3 is 2.53 bits per heavy atom. The first-order valence-electron chi connectivity index (χ1n) is 9.55. The molecular weight excluding hydrogens is 463 g/mol. The second-order valence-corrected chi connectivity index (χ2v) is 8.99. The van der Waals surface area contributed by atoms with Crippen molar-refractivity contribution in [2.75, 3.05) is 4.90 Å². The maximum Gasteiger partial charge on any atom is 0.179 e. The summed E-state index contributed by atoms with van der Waals surface area (Å²) in [6.07, 6.45) is 8.08. The summed E-state index contributed by atoms with van der Waals surface area (Å²) in [4.78, 5) is 21.7. The van der Waals surface area contributed by atoms with Gasteiger partial charge in [-0.2, -0.15) is 0 Å². The molecule has 0 aromatic carbocycles. The van der Waals surface area contributed by atoms with Crippen LogP contribution in [-0.4, -0.2) is 38.1 Å². The Hall–Kier alpha value is -1.38. The summed E-state index contributed by atoms with van der Waals surface area (Å²) in [6.45, 7) is 1.90. The van der Waals surface area contributed by atoms with Gasteiger partial charge in [-0.05, 0) is 50.8 Å². The molecule has 30 heavy (non-hydrogen) atoms. The molecule has 2 bridgehead atoms. The van der Waals surface area contributed by atoms with E-state index in [9.17, 15) is 0 Å². The zero-order valence-corrected chi connectivity index (χ0v) is 19.6. The minimum absolute atomic E-state index is 0. The molecule has 2 N–H and O–H groups in total. The van der Waals surface area contributed by atoms with Crippen LogP contribution in [0.2, 0.25) is 5.02 Å². The molecule has 5 rings (SSSR count). The molecule has 10 heteroatoms. The molecule has 0 spiro atoms. The number of piperidine rings is 1. The van der Waals surface area contributed by atoms with E-state index in [1.54, 1.807) is 6.20 Å². The largest absolute Gasteiger partial charge is 0.349 e. The monoisotopic (exact) mass is 484 g/mol. The zero-order chi connectivity index (χ0) is 19.3. The van der Waals surface area contributed by atoms with E-state index in [0.29, 0.717) is 28.8 Å². The van der Waals surface area contributed by atoms with Gasteiger partial charge in [0.05, 0.1) is 16.9 Å². The van der Waals surface area contributed by atoms with Crippen LogP contribution in [0.5, 0.6) is 0 Å². The summed E-state index contributed by atoms with van der Waals surface area (Å²) >= 11 is 7.87. The maximum absolute atomic E-state index is 6.36. The minimum atomic E-state index is 0. The van der Waals surface area contributed by atoms with Crippen molar-refractivity contribution in [1.82, 2.24) is 19.9 Å². The van der Waals surface area contributed by atoms with Crippen molar-refractivity contribution in [2.45, 2.75) is 60.7 Å². The topological polar surface area (TPSA) is 80.8 Å². The zero-order valence-electron chi connectivity index (χ0n) is 16.4. The van der Waals surface area contributed by atoms with Gasteiger partial charge in [-0.25, -0.2) is 15.0 Å². The van der Waals surface area contributed by atoms with Crippen LogP contribution in [0.1, 0.15) is 31.4 Å². The van der Waals surface area contributed by atoms with Gasteiger partial charge in [0.25, 0.3) is 0 Å². The number of rotatable bonds is 3. The Bertz CT molecular complexity index is 1040.